The fourth-order valence-electron chi connectivity index (χ4n) is 3.68. The molecule has 0 aliphatic carbocycles. The van der Waals surface area contributed by atoms with Crippen LogP contribution in [0.1, 0.15) is 30.8 Å². The van der Waals surface area contributed by atoms with Gasteiger partial charge in [0.1, 0.15) is 16.9 Å². The van der Waals surface area contributed by atoms with Crippen molar-refractivity contribution in [1.82, 2.24) is 14.2 Å². The van der Waals surface area contributed by atoms with Gasteiger partial charge in [-0.1, -0.05) is 12.1 Å². The Morgan fingerprint density at radius 2 is 1.93 bits per heavy atom. The summed E-state index contributed by atoms with van der Waals surface area (Å²) >= 11 is 1.53. The smallest absolute Gasteiger partial charge is 0.243 e. The van der Waals surface area contributed by atoms with E-state index >= 15 is 0 Å². The number of fused-ring (bicyclic) bond motifs is 1. The van der Waals surface area contributed by atoms with E-state index in [-0.39, 0.29) is 23.4 Å². The van der Waals surface area contributed by atoms with E-state index in [1.165, 1.54) is 27.8 Å². The van der Waals surface area contributed by atoms with Crippen LogP contribution >= 0.6 is 11.3 Å². The Kier molecular flexibility index (Phi) is 5.61. The maximum Gasteiger partial charge on any atom is 0.243 e. The summed E-state index contributed by atoms with van der Waals surface area (Å²) in [5.74, 6) is -0.766. The van der Waals surface area contributed by atoms with Crippen LogP contribution in [0.25, 0.3) is 10.2 Å². The van der Waals surface area contributed by atoms with E-state index in [9.17, 15) is 17.6 Å². The predicted octanol–water partition coefficient (Wildman–Crippen LogP) is 3.81. The molecule has 0 saturated carbocycles. The van der Waals surface area contributed by atoms with Crippen molar-refractivity contribution in [2.24, 2.45) is 0 Å². The third-order valence-electron chi connectivity index (χ3n) is 5.51. The largest absolute Gasteiger partial charge is 0.335 e. The minimum absolute atomic E-state index is 0.00882. The number of hydrogen-bond donors (Lipinski definition) is 0. The van der Waals surface area contributed by atoms with Gasteiger partial charge in [-0.3, -0.25) is 4.79 Å². The van der Waals surface area contributed by atoms with Gasteiger partial charge in [-0.05, 0) is 56.2 Å². The van der Waals surface area contributed by atoms with Gasteiger partial charge >= 0.3 is 0 Å². The highest BCUT2D eigenvalue weighted by Gasteiger charge is 2.41. The lowest BCUT2D eigenvalue weighted by atomic mass is 10.2. The van der Waals surface area contributed by atoms with E-state index < -0.39 is 21.9 Å². The molecular formula is C21H22FN3O3S2. The quantitative estimate of drug-likeness (QED) is 0.596. The Bertz CT molecular complexity index is 1140. The number of thiazole rings is 1. The number of amides is 1. The number of carbonyl (C=O) groups is 1. The number of carbonyl (C=O) groups excluding carboxylic acids is 1. The van der Waals surface area contributed by atoms with E-state index in [2.05, 4.69) is 4.98 Å². The molecule has 1 saturated heterocycles. The van der Waals surface area contributed by atoms with Gasteiger partial charge in [0.25, 0.3) is 0 Å². The summed E-state index contributed by atoms with van der Waals surface area (Å²) in [5, 5.41) is 0.804. The van der Waals surface area contributed by atoms with Gasteiger partial charge in [0.05, 0.1) is 21.2 Å². The molecule has 0 spiro atoms. The standard InChI is InChI=1S/C21H22FN3O3S2/c1-14(20-23-17-6-3-4-8-19(17)29-20)24(2)21(26)18-7-5-13-25(18)30(27,28)16-11-9-15(22)10-12-16/h3-4,6,8-12,14,18H,5,7,13H2,1-2H3. The van der Waals surface area contributed by atoms with Crippen molar-refractivity contribution in [1.29, 1.82) is 0 Å². The second-order valence-corrected chi connectivity index (χ2v) is 10.3. The highest BCUT2D eigenvalue weighted by atomic mass is 32.2. The Hall–Kier alpha value is -2.36. The predicted molar refractivity (Wildman–Crippen MR) is 114 cm³/mol. The number of para-hydroxylation sites is 1. The first kappa shape index (κ1) is 20.9. The highest BCUT2D eigenvalue weighted by Crippen LogP contribution is 2.32. The topological polar surface area (TPSA) is 70.6 Å². The van der Waals surface area contributed by atoms with E-state index in [0.29, 0.717) is 12.8 Å². The highest BCUT2D eigenvalue weighted by molar-refractivity contribution is 7.89. The number of aromatic nitrogens is 1. The number of likely N-dealkylation sites (N-methyl/N-ethyl adjacent to an activating group) is 1. The van der Waals surface area contributed by atoms with Crippen LogP contribution in [0.3, 0.4) is 0 Å². The Labute approximate surface area is 179 Å². The minimum Gasteiger partial charge on any atom is -0.335 e. The molecule has 0 bridgehead atoms. The second-order valence-electron chi connectivity index (χ2n) is 7.37. The molecule has 4 rings (SSSR count). The molecule has 2 atom stereocenters. The molecule has 6 nitrogen and oxygen atoms in total. The average molecular weight is 448 g/mol. The summed E-state index contributed by atoms with van der Waals surface area (Å²) in [6.45, 7) is 2.16. The van der Waals surface area contributed by atoms with Crippen LogP contribution in [0.4, 0.5) is 4.39 Å². The lowest BCUT2D eigenvalue weighted by Gasteiger charge is -2.30. The Balaban J connectivity index is 1.57. The molecule has 1 amide bonds. The molecular weight excluding hydrogens is 425 g/mol. The van der Waals surface area contributed by atoms with Gasteiger partial charge in [0.2, 0.25) is 15.9 Å². The van der Waals surface area contributed by atoms with Crippen molar-refractivity contribution in [2.45, 2.75) is 36.7 Å². The fraction of sp³-hybridized carbons (Fsp3) is 0.333. The first-order chi connectivity index (χ1) is 14.3. The van der Waals surface area contributed by atoms with Crippen LogP contribution in [-0.2, 0) is 14.8 Å². The molecule has 30 heavy (non-hydrogen) atoms. The van der Waals surface area contributed by atoms with Gasteiger partial charge < -0.3 is 4.90 Å². The zero-order chi connectivity index (χ0) is 21.5. The molecule has 2 heterocycles. The summed E-state index contributed by atoms with van der Waals surface area (Å²) in [5.41, 5.74) is 0.881. The van der Waals surface area contributed by atoms with Crippen molar-refractivity contribution in [2.75, 3.05) is 13.6 Å². The normalized spacial score (nSPS) is 18.6. The Morgan fingerprint density at radius 3 is 2.63 bits per heavy atom. The first-order valence-electron chi connectivity index (χ1n) is 9.68. The molecule has 1 aliphatic heterocycles. The Morgan fingerprint density at radius 1 is 1.23 bits per heavy atom. The molecule has 0 N–H and O–H groups in total. The minimum atomic E-state index is -3.89. The van der Waals surface area contributed by atoms with Crippen LogP contribution in [0.2, 0.25) is 0 Å². The summed E-state index contributed by atoms with van der Waals surface area (Å²) in [6, 6.07) is 11.4. The molecule has 9 heteroatoms. The summed E-state index contributed by atoms with van der Waals surface area (Å²) in [4.78, 5) is 19.4. The van der Waals surface area contributed by atoms with Gasteiger partial charge in [0.15, 0.2) is 0 Å². The van der Waals surface area contributed by atoms with Crippen LogP contribution in [0.5, 0.6) is 0 Å². The maximum atomic E-state index is 13.3. The van der Waals surface area contributed by atoms with Crippen LogP contribution in [0.15, 0.2) is 53.4 Å². The zero-order valence-corrected chi connectivity index (χ0v) is 18.3. The second kappa shape index (κ2) is 8.05. The molecule has 0 radical (unpaired) electrons. The maximum absolute atomic E-state index is 13.3. The average Bonchev–Trinajstić information content (AvgIpc) is 3.40. The van der Waals surface area contributed by atoms with E-state index in [1.54, 1.807) is 11.9 Å². The molecule has 1 aromatic heterocycles. The van der Waals surface area contributed by atoms with Crippen molar-refractivity contribution < 1.29 is 17.6 Å². The van der Waals surface area contributed by atoms with Gasteiger partial charge in [0, 0.05) is 13.6 Å². The number of halogens is 1. The van der Waals surface area contributed by atoms with Gasteiger partial charge in [-0.2, -0.15) is 4.31 Å². The molecule has 3 aromatic rings. The number of rotatable bonds is 5. The molecule has 2 aromatic carbocycles. The summed E-state index contributed by atoms with van der Waals surface area (Å²) < 4.78 is 41.6. The van der Waals surface area contributed by atoms with Crippen molar-refractivity contribution in [3.63, 3.8) is 0 Å². The zero-order valence-electron chi connectivity index (χ0n) is 16.7. The number of nitrogens with zero attached hydrogens (tertiary/aromatic N) is 3. The third-order valence-corrected chi connectivity index (χ3v) is 8.63. The lowest BCUT2D eigenvalue weighted by molar-refractivity contribution is -0.135. The van der Waals surface area contributed by atoms with Crippen LogP contribution < -0.4 is 0 Å². The SMILES string of the molecule is CC(c1nc2ccccc2s1)N(C)C(=O)C1CCCN1S(=O)(=O)c1ccc(F)cc1. The summed E-state index contributed by atoms with van der Waals surface area (Å²) in [7, 11) is -2.21. The molecule has 2 unspecified atom stereocenters. The van der Waals surface area contributed by atoms with Crippen molar-refractivity contribution in [3.05, 3.63) is 59.4 Å². The van der Waals surface area contributed by atoms with Crippen LogP contribution in [-0.4, -0.2) is 48.1 Å². The fourth-order valence-corrected chi connectivity index (χ4v) is 6.39. The van der Waals surface area contributed by atoms with Gasteiger partial charge in [-0.15, -0.1) is 11.3 Å². The number of benzene rings is 2. The van der Waals surface area contributed by atoms with E-state index in [0.717, 1.165) is 27.4 Å². The van der Waals surface area contributed by atoms with E-state index in [1.807, 2.05) is 31.2 Å². The van der Waals surface area contributed by atoms with E-state index in [4.69, 9.17) is 0 Å². The van der Waals surface area contributed by atoms with Crippen molar-refractivity contribution >= 4 is 37.5 Å². The first-order valence-corrected chi connectivity index (χ1v) is 11.9. The number of sulfonamides is 1. The van der Waals surface area contributed by atoms with Gasteiger partial charge in [-0.25, -0.2) is 17.8 Å². The lowest BCUT2D eigenvalue weighted by Crippen LogP contribution is -2.47. The number of hydrogen-bond acceptors (Lipinski definition) is 5. The van der Waals surface area contributed by atoms with Crippen molar-refractivity contribution in [3.8, 4) is 0 Å². The monoisotopic (exact) mass is 447 g/mol. The van der Waals surface area contributed by atoms with Crippen LogP contribution in [0, 0.1) is 5.82 Å². The molecule has 158 valence electrons. The molecule has 1 fully saturated rings. The third kappa shape index (κ3) is 3.73. The molecule has 1 aliphatic rings. The summed E-state index contributed by atoms with van der Waals surface area (Å²) in [6.07, 6.45) is 1.05.